The average Bonchev–Trinajstić information content (AvgIpc) is 2.94. The van der Waals surface area contributed by atoms with Crippen molar-refractivity contribution in [3.63, 3.8) is 0 Å². The number of amides is 3. The first-order chi connectivity index (χ1) is 12.7. The summed E-state index contributed by atoms with van der Waals surface area (Å²) in [6.45, 7) is 5.02. The Morgan fingerprint density at radius 2 is 1.73 bits per heavy atom. The molecule has 0 N–H and O–H groups in total. The summed E-state index contributed by atoms with van der Waals surface area (Å²) in [7, 11) is 0. The van der Waals surface area contributed by atoms with Crippen LogP contribution >= 0.6 is 0 Å². The van der Waals surface area contributed by atoms with Gasteiger partial charge in [0.05, 0.1) is 32.5 Å². The molecular formula is C19H25N3O4. The second kappa shape index (κ2) is 7.73. The average molecular weight is 359 g/mol. The van der Waals surface area contributed by atoms with Gasteiger partial charge in [-0.1, -0.05) is 30.3 Å². The zero-order valence-electron chi connectivity index (χ0n) is 14.9. The number of nitrogens with zero attached hydrogens (tertiary/aromatic N) is 3. The van der Waals surface area contributed by atoms with E-state index < -0.39 is 6.04 Å². The number of rotatable bonds is 5. The van der Waals surface area contributed by atoms with Gasteiger partial charge >= 0.3 is 6.03 Å². The Bertz CT molecular complexity index is 623. The minimum absolute atomic E-state index is 0.121. The van der Waals surface area contributed by atoms with Gasteiger partial charge < -0.3 is 14.4 Å². The molecule has 0 saturated carbocycles. The molecular weight excluding hydrogens is 334 g/mol. The highest BCUT2D eigenvalue weighted by Gasteiger charge is 2.49. The van der Waals surface area contributed by atoms with Crippen LogP contribution in [0, 0.1) is 0 Å². The standard InChI is InChI=1S/C19H25N3O4/c23-18-17-14-26-11-8-21(17)19(24)22(18)16(12-15-4-2-1-3-5-15)13-20-6-9-25-10-7-20/h1-5,16-17H,6-14H2/t16-,17+/m0/s1. The maximum atomic E-state index is 13.0. The van der Waals surface area contributed by atoms with E-state index in [2.05, 4.69) is 4.90 Å². The molecule has 1 aromatic carbocycles. The van der Waals surface area contributed by atoms with E-state index in [9.17, 15) is 9.59 Å². The fourth-order valence-corrected chi connectivity index (χ4v) is 3.97. The molecule has 7 nitrogen and oxygen atoms in total. The maximum Gasteiger partial charge on any atom is 0.327 e. The minimum Gasteiger partial charge on any atom is -0.379 e. The van der Waals surface area contributed by atoms with E-state index in [-0.39, 0.29) is 18.0 Å². The van der Waals surface area contributed by atoms with Crippen molar-refractivity contribution in [2.45, 2.75) is 18.5 Å². The number of morpholine rings is 2. The molecule has 0 spiro atoms. The summed E-state index contributed by atoms with van der Waals surface area (Å²) in [5.74, 6) is -0.121. The van der Waals surface area contributed by atoms with Crippen molar-refractivity contribution < 1.29 is 19.1 Å². The molecule has 4 rings (SSSR count). The Kier molecular flexibility index (Phi) is 5.19. The predicted molar refractivity (Wildman–Crippen MR) is 94.7 cm³/mol. The molecule has 3 fully saturated rings. The number of benzene rings is 1. The van der Waals surface area contributed by atoms with Crippen LogP contribution in [-0.4, -0.2) is 91.3 Å². The highest BCUT2D eigenvalue weighted by Crippen LogP contribution is 2.25. The van der Waals surface area contributed by atoms with Crippen molar-refractivity contribution in [1.82, 2.24) is 14.7 Å². The van der Waals surface area contributed by atoms with E-state index in [0.29, 0.717) is 45.9 Å². The van der Waals surface area contributed by atoms with Crippen molar-refractivity contribution in [1.29, 1.82) is 0 Å². The molecule has 0 unspecified atom stereocenters. The molecule has 0 bridgehead atoms. The third-order valence-electron chi connectivity index (χ3n) is 5.35. The lowest BCUT2D eigenvalue weighted by Crippen LogP contribution is -2.51. The number of urea groups is 1. The van der Waals surface area contributed by atoms with Crippen LogP contribution in [0.4, 0.5) is 4.79 Å². The first kappa shape index (κ1) is 17.5. The van der Waals surface area contributed by atoms with E-state index in [1.165, 1.54) is 4.90 Å². The van der Waals surface area contributed by atoms with Crippen molar-refractivity contribution in [2.24, 2.45) is 0 Å². The zero-order valence-corrected chi connectivity index (χ0v) is 14.9. The predicted octanol–water partition coefficient (Wildman–Crippen LogP) is 0.593. The Labute approximate surface area is 153 Å². The van der Waals surface area contributed by atoms with Crippen LogP contribution in [0.15, 0.2) is 30.3 Å². The van der Waals surface area contributed by atoms with Crippen LogP contribution < -0.4 is 0 Å². The number of hydrogen-bond acceptors (Lipinski definition) is 5. The molecule has 0 aromatic heterocycles. The summed E-state index contributed by atoms with van der Waals surface area (Å²) in [6.07, 6.45) is 0.664. The molecule has 0 radical (unpaired) electrons. The van der Waals surface area contributed by atoms with Crippen LogP contribution in [-0.2, 0) is 20.7 Å². The molecule has 3 aliphatic rings. The van der Waals surface area contributed by atoms with E-state index >= 15 is 0 Å². The first-order valence-corrected chi connectivity index (χ1v) is 9.29. The largest absolute Gasteiger partial charge is 0.379 e. The quantitative estimate of drug-likeness (QED) is 0.721. The maximum absolute atomic E-state index is 13.0. The second-order valence-electron chi connectivity index (χ2n) is 7.03. The van der Waals surface area contributed by atoms with Crippen molar-refractivity contribution in [3.8, 4) is 0 Å². The Balaban J connectivity index is 1.56. The summed E-state index contributed by atoms with van der Waals surface area (Å²) in [5.41, 5.74) is 1.13. The zero-order chi connectivity index (χ0) is 17.9. The van der Waals surface area contributed by atoms with Gasteiger partial charge in [0.15, 0.2) is 0 Å². The van der Waals surface area contributed by atoms with E-state index in [4.69, 9.17) is 9.47 Å². The molecule has 7 heteroatoms. The fraction of sp³-hybridized carbons (Fsp3) is 0.579. The molecule has 3 amide bonds. The van der Waals surface area contributed by atoms with Gasteiger partial charge in [-0.15, -0.1) is 0 Å². The highest BCUT2D eigenvalue weighted by atomic mass is 16.5. The van der Waals surface area contributed by atoms with Gasteiger partial charge in [-0.3, -0.25) is 14.6 Å². The molecule has 3 heterocycles. The molecule has 1 aromatic rings. The van der Waals surface area contributed by atoms with Gasteiger partial charge in [-0.2, -0.15) is 0 Å². The lowest BCUT2D eigenvalue weighted by Gasteiger charge is -2.34. The summed E-state index contributed by atoms with van der Waals surface area (Å²) < 4.78 is 10.9. The normalized spacial score (nSPS) is 25.5. The summed E-state index contributed by atoms with van der Waals surface area (Å²) in [5, 5.41) is 0. The van der Waals surface area contributed by atoms with Crippen molar-refractivity contribution in [3.05, 3.63) is 35.9 Å². The second-order valence-corrected chi connectivity index (χ2v) is 7.03. The number of fused-ring (bicyclic) bond motifs is 1. The lowest BCUT2D eigenvalue weighted by atomic mass is 10.0. The van der Waals surface area contributed by atoms with Gasteiger partial charge in [0, 0.05) is 26.2 Å². The van der Waals surface area contributed by atoms with Crippen molar-refractivity contribution >= 4 is 11.9 Å². The summed E-state index contributed by atoms with van der Waals surface area (Å²) in [6, 6.07) is 9.25. The van der Waals surface area contributed by atoms with Gasteiger partial charge in [0.25, 0.3) is 5.91 Å². The van der Waals surface area contributed by atoms with E-state index in [1.807, 2.05) is 30.3 Å². The van der Waals surface area contributed by atoms with Gasteiger partial charge in [0.1, 0.15) is 6.04 Å². The third-order valence-corrected chi connectivity index (χ3v) is 5.35. The Hall–Kier alpha value is -1.96. The summed E-state index contributed by atoms with van der Waals surface area (Å²) in [4.78, 5) is 31.4. The third kappa shape index (κ3) is 3.47. The lowest BCUT2D eigenvalue weighted by molar-refractivity contribution is -0.133. The van der Waals surface area contributed by atoms with Crippen LogP contribution in [0.2, 0.25) is 0 Å². The highest BCUT2D eigenvalue weighted by molar-refractivity contribution is 6.04. The topological polar surface area (TPSA) is 62.3 Å². The van der Waals surface area contributed by atoms with Gasteiger partial charge in [-0.25, -0.2) is 4.79 Å². The number of imide groups is 1. The van der Waals surface area contributed by atoms with Gasteiger partial charge in [-0.05, 0) is 12.0 Å². The van der Waals surface area contributed by atoms with Crippen LogP contribution in [0.3, 0.4) is 0 Å². The minimum atomic E-state index is -0.459. The number of carbonyl (C=O) groups excluding carboxylic acids is 2. The monoisotopic (exact) mass is 359 g/mol. The number of ether oxygens (including phenoxy) is 2. The molecule has 3 aliphatic heterocycles. The number of carbonyl (C=O) groups is 2. The molecule has 26 heavy (non-hydrogen) atoms. The Morgan fingerprint density at radius 1 is 1.00 bits per heavy atom. The molecule has 140 valence electrons. The molecule has 3 saturated heterocycles. The van der Waals surface area contributed by atoms with Crippen molar-refractivity contribution in [2.75, 3.05) is 52.6 Å². The smallest absolute Gasteiger partial charge is 0.327 e. The molecule has 0 aliphatic carbocycles. The summed E-state index contributed by atoms with van der Waals surface area (Å²) >= 11 is 0. The number of hydrogen-bond donors (Lipinski definition) is 0. The van der Waals surface area contributed by atoms with E-state index in [0.717, 1.165) is 18.7 Å². The van der Waals surface area contributed by atoms with Crippen LogP contribution in [0.25, 0.3) is 0 Å². The van der Waals surface area contributed by atoms with Crippen LogP contribution in [0.1, 0.15) is 5.56 Å². The Morgan fingerprint density at radius 3 is 2.46 bits per heavy atom. The fourth-order valence-electron chi connectivity index (χ4n) is 3.97. The van der Waals surface area contributed by atoms with E-state index in [1.54, 1.807) is 4.90 Å². The SMILES string of the molecule is O=C1[C@H]2COCCN2C(=O)N1[C@@H](Cc1ccccc1)CN1CCOCC1. The van der Waals surface area contributed by atoms with Gasteiger partial charge in [0.2, 0.25) is 0 Å². The van der Waals surface area contributed by atoms with Crippen LogP contribution in [0.5, 0.6) is 0 Å². The molecule has 2 atom stereocenters. The first-order valence-electron chi connectivity index (χ1n) is 9.29.